The van der Waals surface area contributed by atoms with Crippen LogP contribution >= 0.6 is 0 Å². The molecule has 57 heavy (non-hydrogen) atoms. The van der Waals surface area contributed by atoms with Crippen LogP contribution in [-0.4, -0.2) is 55.1 Å². The molecule has 8 rings (SSSR count). The SMILES string of the molecule is COC(=O)CC[C@@H](C)[C@H]1CC[C@H]2[C@@H]3CC[C@@H]4C[C@H](OC(=O)[C@H](Cc5ccccc5)NC(=O)OCC5c6ccccc6-c6ccccc65)CC[C@]4(C)[C@H]3C[C@H](O)[C@]12C. The summed E-state index contributed by atoms with van der Waals surface area (Å²) >= 11 is 0. The summed E-state index contributed by atoms with van der Waals surface area (Å²) in [6.07, 6.45) is 8.16. The molecular formula is C49H61NO7. The summed E-state index contributed by atoms with van der Waals surface area (Å²) in [6.45, 7) is 7.22. The second-order valence-electron chi connectivity index (χ2n) is 18.6. The molecule has 304 valence electrons. The molecule has 0 spiro atoms. The van der Waals surface area contributed by atoms with E-state index in [-0.39, 0.29) is 41.5 Å². The quantitative estimate of drug-likeness (QED) is 0.148. The molecule has 0 aliphatic heterocycles. The average molecular weight is 776 g/mol. The van der Waals surface area contributed by atoms with Gasteiger partial charge in [0.05, 0.1) is 13.2 Å². The van der Waals surface area contributed by atoms with Gasteiger partial charge in [-0.25, -0.2) is 9.59 Å². The van der Waals surface area contributed by atoms with E-state index in [1.54, 1.807) is 0 Å². The van der Waals surface area contributed by atoms with Gasteiger partial charge in [-0.05, 0) is 132 Å². The monoisotopic (exact) mass is 775 g/mol. The van der Waals surface area contributed by atoms with Crippen molar-refractivity contribution in [2.45, 2.75) is 116 Å². The molecule has 5 aliphatic rings. The third kappa shape index (κ3) is 7.41. The van der Waals surface area contributed by atoms with E-state index < -0.39 is 18.1 Å². The zero-order valence-electron chi connectivity index (χ0n) is 34.2. The Bertz CT molecular complexity index is 1890. The van der Waals surface area contributed by atoms with Gasteiger partial charge < -0.3 is 24.6 Å². The van der Waals surface area contributed by atoms with Crippen molar-refractivity contribution in [2.24, 2.45) is 46.3 Å². The molecular weight excluding hydrogens is 715 g/mol. The van der Waals surface area contributed by atoms with Crippen LogP contribution in [0.2, 0.25) is 0 Å². The number of methoxy groups -OCH3 is 1. The van der Waals surface area contributed by atoms with Crippen molar-refractivity contribution in [1.29, 1.82) is 0 Å². The van der Waals surface area contributed by atoms with Gasteiger partial charge in [-0.3, -0.25) is 4.79 Å². The molecule has 0 aromatic heterocycles. The maximum absolute atomic E-state index is 14.0. The van der Waals surface area contributed by atoms with Gasteiger partial charge in [0, 0.05) is 18.8 Å². The van der Waals surface area contributed by atoms with Crippen molar-refractivity contribution in [3.63, 3.8) is 0 Å². The Balaban J connectivity index is 0.908. The van der Waals surface area contributed by atoms with Crippen LogP contribution in [0.3, 0.4) is 0 Å². The predicted octanol–water partition coefficient (Wildman–Crippen LogP) is 9.27. The number of fused-ring (bicyclic) bond motifs is 8. The minimum atomic E-state index is -0.886. The summed E-state index contributed by atoms with van der Waals surface area (Å²) in [4.78, 5) is 39.5. The number of carbonyl (C=O) groups is 3. The molecule has 3 aromatic carbocycles. The molecule has 4 saturated carbocycles. The molecule has 5 aliphatic carbocycles. The maximum atomic E-state index is 14.0. The van der Waals surface area contributed by atoms with Gasteiger partial charge >= 0.3 is 18.0 Å². The summed E-state index contributed by atoms with van der Waals surface area (Å²) in [5.41, 5.74) is 5.46. The summed E-state index contributed by atoms with van der Waals surface area (Å²) in [5.74, 6) is 1.99. The molecule has 4 fully saturated rings. The summed E-state index contributed by atoms with van der Waals surface area (Å²) in [7, 11) is 1.45. The van der Waals surface area contributed by atoms with Crippen molar-refractivity contribution in [3.05, 3.63) is 95.6 Å². The predicted molar refractivity (Wildman–Crippen MR) is 219 cm³/mol. The van der Waals surface area contributed by atoms with Crippen LogP contribution in [-0.2, 0) is 30.2 Å². The largest absolute Gasteiger partial charge is 0.469 e. The van der Waals surface area contributed by atoms with Gasteiger partial charge in [0.1, 0.15) is 18.8 Å². The minimum Gasteiger partial charge on any atom is -0.469 e. The first kappa shape index (κ1) is 39.6. The molecule has 2 N–H and O–H groups in total. The van der Waals surface area contributed by atoms with Crippen molar-refractivity contribution in [1.82, 2.24) is 5.32 Å². The van der Waals surface area contributed by atoms with Gasteiger partial charge in [0.15, 0.2) is 0 Å². The van der Waals surface area contributed by atoms with Gasteiger partial charge in [-0.2, -0.15) is 0 Å². The van der Waals surface area contributed by atoms with Gasteiger partial charge in [-0.1, -0.05) is 99.6 Å². The molecule has 11 atom stereocenters. The van der Waals surface area contributed by atoms with E-state index in [0.717, 1.165) is 85.6 Å². The number of aliphatic hydroxyl groups is 1. The van der Waals surface area contributed by atoms with E-state index in [0.29, 0.717) is 48.3 Å². The number of rotatable bonds is 11. The first-order chi connectivity index (χ1) is 27.5. The highest BCUT2D eigenvalue weighted by atomic mass is 16.6. The van der Waals surface area contributed by atoms with Crippen LogP contribution in [0.5, 0.6) is 0 Å². The van der Waals surface area contributed by atoms with E-state index in [1.807, 2.05) is 54.6 Å². The smallest absolute Gasteiger partial charge is 0.407 e. The lowest BCUT2D eigenvalue weighted by Gasteiger charge is -2.62. The molecule has 0 unspecified atom stereocenters. The fourth-order valence-corrected chi connectivity index (χ4v) is 13.0. The molecule has 0 bridgehead atoms. The molecule has 3 aromatic rings. The fourth-order valence-electron chi connectivity index (χ4n) is 13.0. The topological polar surface area (TPSA) is 111 Å². The highest BCUT2D eigenvalue weighted by molar-refractivity contribution is 5.82. The van der Waals surface area contributed by atoms with Crippen molar-refractivity contribution in [3.8, 4) is 11.1 Å². The number of hydrogen-bond acceptors (Lipinski definition) is 7. The van der Waals surface area contributed by atoms with Crippen LogP contribution in [0.25, 0.3) is 11.1 Å². The number of benzene rings is 3. The number of hydrogen-bond donors (Lipinski definition) is 2. The van der Waals surface area contributed by atoms with Gasteiger partial charge in [-0.15, -0.1) is 0 Å². The lowest BCUT2D eigenvalue weighted by Crippen LogP contribution is -2.59. The number of esters is 2. The Hall–Kier alpha value is -4.17. The van der Waals surface area contributed by atoms with Crippen molar-refractivity contribution < 1.29 is 33.7 Å². The standard InChI is InChI=1S/C49H61NO7/c1-30(18-23-45(52)55-4)40-21-22-41-38-20-19-32-27-33(24-25-48(32,2)42(38)28-44(51)49(40,41)3)57-46(53)43(26-31-12-6-5-7-13-31)50-47(54)56-29-39-36-16-10-8-14-34(36)35-15-9-11-17-37(35)39/h5-17,30,32-33,38-44,51H,18-29H2,1-4H3,(H,50,54)/t30-,32-,33-,38+,40-,41+,42+,43+,44+,48+,49-/m1/s1. The Kier molecular flexibility index (Phi) is 11.3. The van der Waals surface area contributed by atoms with E-state index >= 15 is 0 Å². The Morgan fingerprint density at radius 3 is 2.23 bits per heavy atom. The van der Waals surface area contributed by atoms with Crippen molar-refractivity contribution in [2.75, 3.05) is 13.7 Å². The number of amides is 1. The second-order valence-corrected chi connectivity index (χ2v) is 18.6. The third-order valence-electron chi connectivity index (χ3n) is 16.0. The highest BCUT2D eigenvalue weighted by Crippen LogP contribution is 2.68. The Morgan fingerprint density at radius 1 is 0.842 bits per heavy atom. The highest BCUT2D eigenvalue weighted by Gasteiger charge is 2.64. The van der Waals surface area contributed by atoms with Crippen LogP contribution in [0.4, 0.5) is 4.79 Å². The van der Waals surface area contributed by atoms with Gasteiger partial charge in [0.2, 0.25) is 0 Å². The second kappa shape index (κ2) is 16.2. The number of nitrogens with one attached hydrogen (secondary N) is 1. The first-order valence-electron chi connectivity index (χ1n) is 21.6. The van der Waals surface area contributed by atoms with E-state index in [2.05, 4.69) is 50.4 Å². The van der Waals surface area contributed by atoms with Crippen LogP contribution in [0.1, 0.15) is 108 Å². The number of aliphatic hydroxyl groups excluding tert-OH is 1. The normalized spacial score (nSPS) is 32.3. The first-order valence-corrected chi connectivity index (χ1v) is 21.6. The Labute approximate surface area is 338 Å². The molecule has 8 heteroatoms. The van der Waals surface area contributed by atoms with Crippen molar-refractivity contribution >= 4 is 18.0 Å². The lowest BCUT2D eigenvalue weighted by atomic mass is 9.43. The number of ether oxygens (including phenoxy) is 3. The third-order valence-corrected chi connectivity index (χ3v) is 16.0. The van der Waals surface area contributed by atoms with E-state index in [9.17, 15) is 19.5 Å². The Morgan fingerprint density at radius 2 is 1.53 bits per heavy atom. The minimum absolute atomic E-state index is 0.0751. The average Bonchev–Trinajstić information content (AvgIpc) is 3.75. The lowest BCUT2D eigenvalue weighted by molar-refractivity contribution is -0.182. The molecule has 0 saturated heterocycles. The van der Waals surface area contributed by atoms with Crippen LogP contribution in [0, 0.1) is 46.3 Å². The molecule has 0 radical (unpaired) electrons. The van der Waals surface area contributed by atoms with Crippen LogP contribution < -0.4 is 5.32 Å². The summed E-state index contributed by atoms with van der Waals surface area (Å²) in [6, 6.07) is 25.3. The van der Waals surface area contributed by atoms with E-state index in [4.69, 9.17) is 14.2 Å². The molecule has 0 heterocycles. The van der Waals surface area contributed by atoms with E-state index in [1.165, 1.54) is 7.11 Å². The van der Waals surface area contributed by atoms with Crippen LogP contribution in [0.15, 0.2) is 78.9 Å². The maximum Gasteiger partial charge on any atom is 0.407 e. The number of alkyl carbamates (subject to hydrolysis) is 1. The summed E-state index contributed by atoms with van der Waals surface area (Å²) < 4.78 is 17.1. The van der Waals surface area contributed by atoms with Gasteiger partial charge in [0.25, 0.3) is 0 Å². The number of carbonyl (C=O) groups excluding carboxylic acids is 3. The summed E-state index contributed by atoms with van der Waals surface area (Å²) in [5, 5.41) is 14.9. The molecule has 8 nitrogen and oxygen atoms in total. The zero-order chi connectivity index (χ0) is 39.9. The zero-order valence-corrected chi connectivity index (χ0v) is 34.2. The fraction of sp³-hybridized carbons (Fsp3) is 0.571. The molecule has 1 amide bonds.